The highest BCUT2D eigenvalue weighted by Crippen LogP contribution is 2.30. The molecule has 2 aromatic carbocycles. The molecule has 1 saturated heterocycles. The average Bonchev–Trinajstić information content (AvgIpc) is 2.62. The number of nitrogens with zero attached hydrogens (tertiary/aromatic N) is 1. The maximum Gasteiger partial charge on any atom is 0.255 e. The van der Waals surface area contributed by atoms with Crippen molar-refractivity contribution in [3.8, 4) is 5.75 Å². The predicted molar refractivity (Wildman–Crippen MR) is 96.4 cm³/mol. The molecule has 1 aliphatic rings. The topological polar surface area (TPSA) is 38.8 Å². The molecule has 0 bridgehead atoms. The molecule has 3 rings (SSSR count). The van der Waals surface area contributed by atoms with Gasteiger partial charge >= 0.3 is 0 Å². The third-order valence-corrected chi connectivity index (χ3v) is 4.77. The van der Waals surface area contributed by atoms with Crippen LogP contribution >= 0.6 is 15.9 Å². The molecule has 2 aromatic rings. The fourth-order valence-electron chi connectivity index (χ4n) is 2.74. The molecule has 0 radical (unpaired) electrons. The predicted octanol–water partition coefficient (Wildman–Crippen LogP) is 3.81. The lowest BCUT2D eigenvalue weighted by Gasteiger charge is -2.28. The van der Waals surface area contributed by atoms with E-state index in [-0.39, 0.29) is 5.91 Å². The van der Waals surface area contributed by atoms with Crippen LogP contribution in [0.1, 0.15) is 21.5 Å². The SMILES string of the molecule is Cc1c(OCc2ccccc2)ccc(Br)c1C(=O)N1CCOCC1. The summed E-state index contributed by atoms with van der Waals surface area (Å²) < 4.78 is 12.1. The van der Waals surface area contributed by atoms with Gasteiger partial charge in [-0.15, -0.1) is 0 Å². The smallest absolute Gasteiger partial charge is 0.255 e. The lowest BCUT2D eigenvalue weighted by Crippen LogP contribution is -2.41. The molecule has 1 heterocycles. The van der Waals surface area contributed by atoms with Gasteiger partial charge in [0, 0.05) is 23.1 Å². The molecule has 1 aliphatic heterocycles. The number of amides is 1. The van der Waals surface area contributed by atoms with E-state index >= 15 is 0 Å². The van der Waals surface area contributed by atoms with Crippen LogP contribution in [0.2, 0.25) is 0 Å². The zero-order valence-electron chi connectivity index (χ0n) is 13.6. The molecule has 1 amide bonds. The van der Waals surface area contributed by atoms with Crippen LogP contribution < -0.4 is 4.74 Å². The number of morpholine rings is 1. The maximum absolute atomic E-state index is 12.9. The van der Waals surface area contributed by atoms with E-state index in [1.807, 2.05) is 54.3 Å². The first kappa shape index (κ1) is 17.0. The van der Waals surface area contributed by atoms with Gasteiger partial charge in [0.2, 0.25) is 0 Å². The highest BCUT2D eigenvalue weighted by Gasteiger charge is 2.23. The minimum atomic E-state index is 0.0211. The first-order chi connectivity index (χ1) is 11.7. The minimum Gasteiger partial charge on any atom is -0.489 e. The van der Waals surface area contributed by atoms with Crippen LogP contribution in [0, 0.1) is 6.92 Å². The monoisotopic (exact) mass is 389 g/mol. The lowest BCUT2D eigenvalue weighted by molar-refractivity contribution is 0.0301. The Morgan fingerprint density at radius 1 is 1.17 bits per heavy atom. The zero-order valence-corrected chi connectivity index (χ0v) is 15.2. The van der Waals surface area contributed by atoms with E-state index in [0.717, 1.165) is 21.3 Å². The zero-order chi connectivity index (χ0) is 16.9. The van der Waals surface area contributed by atoms with Crippen molar-refractivity contribution in [3.05, 3.63) is 63.6 Å². The molecule has 126 valence electrons. The van der Waals surface area contributed by atoms with E-state index in [1.54, 1.807) is 0 Å². The van der Waals surface area contributed by atoms with Gasteiger partial charge in [0.25, 0.3) is 5.91 Å². The Kier molecular flexibility index (Phi) is 5.53. The van der Waals surface area contributed by atoms with Crippen molar-refractivity contribution in [2.24, 2.45) is 0 Å². The second-order valence-corrected chi connectivity index (χ2v) is 6.58. The molecule has 0 unspecified atom stereocenters. The quantitative estimate of drug-likeness (QED) is 0.797. The van der Waals surface area contributed by atoms with E-state index in [1.165, 1.54) is 0 Å². The number of benzene rings is 2. The highest BCUT2D eigenvalue weighted by molar-refractivity contribution is 9.10. The Bertz CT molecular complexity index is 712. The van der Waals surface area contributed by atoms with Crippen molar-refractivity contribution in [2.45, 2.75) is 13.5 Å². The second-order valence-electron chi connectivity index (χ2n) is 5.72. The van der Waals surface area contributed by atoms with Crippen LogP contribution in [0.4, 0.5) is 0 Å². The van der Waals surface area contributed by atoms with Crippen LogP contribution in [0.15, 0.2) is 46.9 Å². The summed E-state index contributed by atoms with van der Waals surface area (Å²) >= 11 is 3.51. The van der Waals surface area contributed by atoms with Gasteiger partial charge in [0.05, 0.1) is 18.8 Å². The normalized spacial score (nSPS) is 14.5. The van der Waals surface area contributed by atoms with Gasteiger partial charge in [-0.3, -0.25) is 4.79 Å². The van der Waals surface area contributed by atoms with Gasteiger partial charge in [-0.05, 0) is 40.5 Å². The summed E-state index contributed by atoms with van der Waals surface area (Å²) in [6.45, 7) is 4.84. The lowest BCUT2D eigenvalue weighted by atomic mass is 10.1. The number of hydrogen-bond acceptors (Lipinski definition) is 3. The number of rotatable bonds is 4. The molecule has 0 atom stereocenters. The molecule has 0 aliphatic carbocycles. The van der Waals surface area contributed by atoms with Crippen molar-refractivity contribution in [3.63, 3.8) is 0 Å². The summed E-state index contributed by atoms with van der Waals surface area (Å²) in [5.41, 5.74) is 2.63. The molecular formula is C19H20BrNO3. The molecule has 24 heavy (non-hydrogen) atoms. The summed E-state index contributed by atoms with van der Waals surface area (Å²) in [5.74, 6) is 0.756. The van der Waals surface area contributed by atoms with Gasteiger partial charge < -0.3 is 14.4 Å². The van der Waals surface area contributed by atoms with Crippen LogP contribution in [-0.2, 0) is 11.3 Å². The van der Waals surface area contributed by atoms with Crippen LogP contribution in [0.5, 0.6) is 5.75 Å². The molecule has 5 heteroatoms. The van der Waals surface area contributed by atoms with E-state index < -0.39 is 0 Å². The van der Waals surface area contributed by atoms with Crippen molar-refractivity contribution >= 4 is 21.8 Å². The van der Waals surface area contributed by atoms with Gasteiger partial charge in [0.15, 0.2) is 0 Å². The van der Waals surface area contributed by atoms with Crippen molar-refractivity contribution in [2.75, 3.05) is 26.3 Å². The van der Waals surface area contributed by atoms with E-state index in [4.69, 9.17) is 9.47 Å². The van der Waals surface area contributed by atoms with Crippen molar-refractivity contribution < 1.29 is 14.3 Å². The molecule has 0 spiro atoms. The summed E-state index contributed by atoms with van der Waals surface area (Å²) in [6, 6.07) is 13.8. The average molecular weight is 390 g/mol. The van der Waals surface area contributed by atoms with Crippen molar-refractivity contribution in [1.82, 2.24) is 4.90 Å². The molecule has 4 nitrogen and oxygen atoms in total. The molecule has 0 aromatic heterocycles. The summed E-state index contributed by atoms with van der Waals surface area (Å²) in [5, 5.41) is 0. The first-order valence-corrected chi connectivity index (χ1v) is 8.79. The number of carbonyl (C=O) groups is 1. The molecule has 0 saturated carbocycles. The van der Waals surface area contributed by atoms with Crippen LogP contribution in [0.25, 0.3) is 0 Å². The van der Waals surface area contributed by atoms with Gasteiger partial charge in [-0.1, -0.05) is 30.3 Å². The number of halogens is 1. The Balaban J connectivity index is 1.80. The van der Waals surface area contributed by atoms with E-state index in [9.17, 15) is 4.79 Å². The largest absolute Gasteiger partial charge is 0.489 e. The Morgan fingerprint density at radius 2 is 1.88 bits per heavy atom. The summed E-state index contributed by atoms with van der Waals surface area (Å²) in [6.07, 6.45) is 0. The number of hydrogen-bond donors (Lipinski definition) is 0. The Morgan fingerprint density at radius 3 is 2.58 bits per heavy atom. The fraction of sp³-hybridized carbons (Fsp3) is 0.316. The van der Waals surface area contributed by atoms with Crippen LogP contribution in [0.3, 0.4) is 0 Å². The highest BCUT2D eigenvalue weighted by atomic mass is 79.9. The standard InChI is InChI=1S/C19H20BrNO3/c1-14-17(24-13-15-5-3-2-4-6-15)8-7-16(20)18(14)19(22)21-9-11-23-12-10-21/h2-8H,9-13H2,1H3. The van der Waals surface area contributed by atoms with Gasteiger partial charge in [0.1, 0.15) is 12.4 Å². The van der Waals surface area contributed by atoms with Gasteiger partial charge in [-0.2, -0.15) is 0 Å². The fourth-order valence-corrected chi connectivity index (χ4v) is 3.34. The summed E-state index contributed by atoms with van der Waals surface area (Å²) in [4.78, 5) is 14.7. The van der Waals surface area contributed by atoms with E-state index in [2.05, 4.69) is 15.9 Å². The number of ether oxygens (including phenoxy) is 2. The molecule has 1 fully saturated rings. The maximum atomic E-state index is 12.9. The molecule has 0 N–H and O–H groups in total. The third-order valence-electron chi connectivity index (χ3n) is 4.11. The summed E-state index contributed by atoms with van der Waals surface area (Å²) in [7, 11) is 0. The second kappa shape index (κ2) is 7.81. The first-order valence-electron chi connectivity index (χ1n) is 7.99. The third kappa shape index (κ3) is 3.79. The van der Waals surface area contributed by atoms with Gasteiger partial charge in [-0.25, -0.2) is 0 Å². The molecular weight excluding hydrogens is 370 g/mol. The Labute approximate surface area is 150 Å². The van der Waals surface area contributed by atoms with Crippen LogP contribution in [-0.4, -0.2) is 37.1 Å². The van der Waals surface area contributed by atoms with Crippen molar-refractivity contribution in [1.29, 1.82) is 0 Å². The minimum absolute atomic E-state index is 0.0211. The Hall–Kier alpha value is -1.85. The number of carbonyl (C=O) groups excluding carboxylic acids is 1. The van der Waals surface area contributed by atoms with E-state index in [0.29, 0.717) is 38.5 Å².